The Kier molecular flexibility index (Phi) is 1.77. The SMILES string of the molecule is Cc1occc1C(=O)c1ccoc1. The lowest BCUT2D eigenvalue weighted by Gasteiger charge is -1.92. The zero-order valence-electron chi connectivity index (χ0n) is 7.11. The number of furan rings is 2. The summed E-state index contributed by atoms with van der Waals surface area (Å²) < 4.78 is 9.85. The zero-order chi connectivity index (χ0) is 9.26. The second kappa shape index (κ2) is 2.94. The molecule has 0 aliphatic carbocycles. The number of rotatable bonds is 2. The number of hydrogen-bond acceptors (Lipinski definition) is 3. The van der Waals surface area contributed by atoms with Crippen LogP contribution in [0, 0.1) is 6.92 Å². The summed E-state index contributed by atoms with van der Waals surface area (Å²) in [6, 6.07) is 3.29. The van der Waals surface area contributed by atoms with E-state index in [1.807, 2.05) is 0 Å². The van der Waals surface area contributed by atoms with Crippen LogP contribution in [0.2, 0.25) is 0 Å². The lowest BCUT2D eigenvalue weighted by molar-refractivity contribution is 0.103. The fourth-order valence-corrected chi connectivity index (χ4v) is 1.17. The normalized spacial score (nSPS) is 10.2. The van der Waals surface area contributed by atoms with Crippen LogP contribution in [-0.4, -0.2) is 5.78 Å². The maximum atomic E-state index is 11.7. The quantitative estimate of drug-likeness (QED) is 0.660. The van der Waals surface area contributed by atoms with Gasteiger partial charge >= 0.3 is 0 Å². The third-order valence-corrected chi connectivity index (χ3v) is 1.89. The smallest absolute Gasteiger partial charge is 0.199 e. The Labute approximate surface area is 75.0 Å². The van der Waals surface area contributed by atoms with Crippen molar-refractivity contribution in [1.29, 1.82) is 0 Å². The fraction of sp³-hybridized carbons (Fsp3) is 0.100. The molecule has 2 aromatic heterocycles. The van der Waals surface area contributed by atoms with Gasteiger partial charge < -0.3 is 8.83 Å². The molecule has 0 aliphatic heterocycles. The topological polar surface area (TPSA) is 43.4 Å². The van der Waals surface area contributed by atoms with Gasteiger partial charge in [-0.05, 0) is 19.1 Å². The summed E-state index contributed by atoms with van der Waals surface area (Å²) in [5.41, 5.74) is 1.13. The highest BCUT2D eigenvalue weighted by atomic mass is 16.3. The molecular formula is C10H8O3. The van der Waals surface area contributed by atoms with E-state index in [0.717, 1.165) is 0 Å². The molecule has 3 nitrogen and oxygen atoms in total. The molecule has 2 aromatic rings. The molecule has 0 fully saturated rings. The van der Waals surface area contributed by atoms with Crippen molar-refractivity contribution in [1.82, 2.24) is 0 Å². The minimum Gasteiger partial charge on any atom is -0.472 e. The summed E-state index contributed by atoms with van der Waals surface area (Å²) >= 11 is 0. The molecule has 0 saturated heterocycles. The van der Waals surface area contributed by atoms with Crippen molar-refractivity contribution in [3.05, 3.63) is 47.8 Å². The minimum absolute atomic E-state index is 0.0694. The van der Waals surface area contributed by atoms with Gasteiger partial charge in [0.25, 0.3) is 0 Å². The van der Waals surface area contributed by atoms with Crippen molar-refractivity contribution >= 4 is 5.78 Å². The molecule has 0 saturated carbocycles. The molecule has 0 radical (unpaired) electrons. The van der Waals surface area contributed by atoms with Crippen LogP contribution in [0.1, 0.15) is 21.7 Å². The Morgan fingerprint density at radius 1 is 1.31 bits per heavy atom. The lowest BCUT2D eigenvalue weighted by Crippen LogP contribution is -1.99. The molecule has 0 amide bonds. The van der Waals surface area contributed by atoms with Crippen molar-refractivity contribution in [2.24, 2.45) is 0 Å². The van der Waals surface area contributed by atoms with Gasteiger partial charge in [-0.15, -0.1) is 0 Å². The highest BCUT2D eigenvalue weighted by Gasteiger charge is 2.14. The van der Waals surface area contributed by atoms with E-state index >= 15 is 0 Å². The third-order valence-electron chi connectivity index (χ3n) is 1.89. The maximum Gasteiger partial charge on any atom is 0.199 e. The second-order valence-electron chi connectivity index (χ2n) is 2.73. The van der Waals surface area contributed by atoms with Crippen molar-refractivity contribution in [3.63, 3.8) is 0 Å². The summed E-state index contributed by atoms with van der Waals surface area (Å²) in [5, 5.41) is 0. The van der Waals surface area contributed by atoms with Gasteiger partial charge in [0.2, 0.25) is 0 Å². The Bertz CT molecular complexity index is 409. The van der Waals surface area contributed by atoms with Gasteiger partial charge in [0.05, 0.1) is 23.7 Å². The van der Waals surface area contributed by atoms with Crippen LogP contribution in [0.4, 0.5) is 0 Å². The van der Waals surface area contributed by atoms with E-state index in [-0.39, 0.29) is 5.78 Å². The summed E-state index contributed by atoms with van der Waals surface area (Å²) in [4.78, 5) is 11.7. The highest BCUT2D eigenvalue weighted by Crippen LogP contribution is 2.14. The molecule has 2 rings (SSSR count). The van der Waals surface area contributed by atoms with Crippen LogP contribution >= 0.6 is 0 Å². The standard InChI is InChI=1S/C10H8O3/c1-7-9(3-5-13-7)10(11)8-2-4-12-6-8/h2-6H,1H3. The molecule has 13 heavy (non-hydrogen) atoms. The summed E-state index contributed by atoms with van der Waals surface area (Å²) in [5.74, 6) is 0.561. The van der Waals surface area contributed by atoms with E-state index in [4.69, 9.17) is 8.83 Å². The predicted octanol–water partition coefficient (Wildman–Crippen LogP) is 2.41. The van der Waals surface area contributed by atoms with Gasteiger partial charge in [0, 0.05) is 0 Å². The first kappa shape index (κ1) is 7.86. The van der Waals surface area contributed by atoms with E-state index in [1.54, 1.807) is 19.1 Å². The van der Waals surface area contributed by atoms with E-state index in [1.165, 1.54) is 18.8 Å². The molecule has 0 aromatic carbocycles. The van der Waals surface area contributed by atoms with Gasteiger partial charge in [-0.2, -0.15) is 0 Å². The maximum absolute atomic E-state index is 11.7. The Morgan fingerprint density at radius 2 is 2.15 bits per heavy atom. The Balaban J connectivity index is 2.39. The number of hydrogen-bond donors (Lipinski definition) is 0. The molecule has 0 unspecified atom stereocenters. The van der Waals surface area contributed by atoms with Gasteiger partial charge in [0.1, 0.15) is 12.0 Å². The zero-order valence-corrected chi connectivity index (χ0v) is 7.11. The molecule has 0 aliphatic rings. The monoisotopic (exact) mass is 176 g/mol. The van der Waals surface area contributed by atoms with Gasteiger partial charge in [-0.3, -0.25) is 4.79 Å². The average Bonchev–Trinajstić information content (AvgIpc) is 2.72. The summed E-state index contributed by atoms with van der Waals surface area (Å²) in [6.45, 7) is 1.76. The van der Waals surface area contributed by atoms with Crippen molar-refractivity contribution in [2.75, 3.05) is 0 Å². The van der Waals surface area contributed by atoms with Crippen molar-refractivity contribution in [2.45, 2.75) is 6.92 Å². The molecule has 0 N–H and O–H groups in total. The van der Waals surface area contributed by atoms with Gasteiger partial charge in [-0.25, -0.2) is 0 Å². The molecule has 2 heterocycles. The van der Waals surface area contributed by atoms with Crippen LogP contribution in [0.3, 0.4) is 0 Å². The van der Waals surface area contributed by atoms with Crippen molar-refractivity contribution < 1.29 is 13.6 Å². The van der Waals surface area contributed by atoms with Crippen LogP contribution < -0.4 is 0 Å². The molecule has 3 heteroatoms. The average molecular weight is 176 g/mol. The van der Waals surface area contributed by atoms with Crippen LogP contribution in [0.25, 0.3) is 0 Å². The van der Waals surface area contributed by atoms with Crippen LogP contribution in [0.5, 0.6) is 0 Å². The largest absolute Gasteiger partial charge is 0.472 e. The summed E-state index contributed by atoms with van der Waals surface area (Å²) in [6.07, 6.45) is 4.40. The number of carbonyl (C=O) groups is 1. The van der Waals surface area contributed by atoms with E-state index < -0.39 is 0 Å². The summed E-state index contributed by atoms with van der Waals surface area (Å²) in [7, 11) is 0. The number of aryl methyl sites for hydroxylation is 1. The first-order chi connectivity index (χ1) is 6.29. The first-order valence-corrected chi connectivity index (χ1v) is 3.90. The molecule has 0 bridgehead atoms. The third kappa shape index (κ3) is 1.28. The van der Waals surface area contributed by atoms with E-state index in [0.29, 0.717) is 16.9 Å². The van der Waals surface area contributed by atoms with Gasteiger partial charge in [0.15, 0.2) is 5.78 Å². The molecular weight excluding hydrogens is 168 g/mol. The van der Waals surface area contributed by atoms with E-state index in [9.17, 15) is 4.79 Å². The Morgan fingerprint density at radius 3 is 2.69 bits per heavy atom. The molecule has 0 spiro atoms. The number of carbonyl (C=O) groups excluding carboxylic acids is 1. The fourth-order valence-electron chi connectivity index (χ4n) is 1.17. The minimum atomic E-state index is -0.0694. The van der Waals surface area contributed by atoms with Crippen molar-refractivity contribution in [3.8, 4) is 0 Å². The van der Waals surface area contributed by atoms with E-state index in [2.05, 4.69) is 0 Å². The Hall–Kier alpha value is -1.77. The lowest BCUT2D eigenvalue weighted by atomic mass is 10.1. The molecule has 66 valence electrons. The first-order valence-electron chi connectivity index (χ1n) is 3.90. The highest BCUT2D eigenvalue weighted by molar-refractivity contribution is 6.09. The number of ketones is 1. The molecule has 0 atom stereocenters. The van der Waals surface area contributed by atoms with Crippen LogP contribution in [-0.2, 0) is 0 Å². The van der Waals surface area contributed by atoms with Crippen LogP contribution in [0.15, 0.2) is 39.8 Å². The second-order valence-corrected chi connectivity index (χ2v) is 2.73. The van der Waals surface area contributed by atoms with Gasteiger partial charge in [-0.1, -0.05) is 0 Å². The predicted molar refractivity (Wildman–Crippen MR) is 45.6 cm³/mol.